The van der Waals surface area contributed by atoms with Crippen LogP contribution >= 0.6 is 0 Å². The topological polar surface area (TPSA) is 49.4 Å². The molecule has 16 heavy (non-hydrogen) atoms. The number of imide groups is 1. The molecule has 4 heteroatoms. The lowest BCUT2D eigenvalue weighted by molar-refractivity contribution is -0.126. The molecule has 1 saturated carbocycles. The summed E-state index contributed by atoms with van der Waals surface area (Å²) in [6.07, 6.45) is 3.38. The van der Waals surface area contributed by atoms with Crippen molar-refractivity contribution >= 4 is 11.9 Å². The second kappa shape index (κ2) is 3.75. The minimum absolute atomic E-state index is 0.0888. The first kappa shape index (κ1) is 11.4. The first-order chi connectivity index (χ1) is 7.42. The number of hydrogen-bond donors (Lipinski definition) is 1. The molecule has 4 nitrogen and oxygen atoms in total. The average Bonchev–Trinajstić information content (AvgIpc) is 2.52. The van der Waals surface area contributed by atoms with Crippen LogP contribution in [0.2, 0.25) is 0 Å². The van der Waals surface area contributed by atoms with Gasteiger partial charge < -0.3 is 4.90 Å². The summed E-state index contributed by atoms with van der Waals surface area (Å²) < 4.78 is 0. The Morgan fingerprint density at radius 3 is 2.62 bits per heavy atom. The van der Waals surface area contributed by atoms with Crippen LogP contribution in [-0.2, 0) is 4.79 Å². The Balaban J connectivity index is 2.15. The summed E-state index contributed by atoms with van der Waals surface area (Å²) in [6, 6.07) is 0.0751. The number of amides is 3. The molecule has 2 fully saturated rings. The number of nitrogens with zero attached hydrogens (tertiary/aromatic N) is 1. The van der Waals surface area contributed by atoms with Crippen molar-refractivity contribution < 1.29 is 9.59 Å². The Hall–Kier alpha value is -1.06. The number of carbonyl (C=O) groups excluding carboxylic acids is 2. The largest absolute Gasteiger partial charge is 0.324 e. The summed E-state index contributed by atoms with van der Waals surface area (Å²) in [4.78, 5) is 25.0. The standard InChI is InChI=1S/C12H20N2O2/c1-8-7-14(11(16)13-10(8)15)9-5-4-6-12(9,2)3/h8-9H,4-7H2,1-3H3,(H,13,15,16). The number of urea groups is 1. The minimum Gasteiger partial charge on any atom is -0.320 e. The van der Waals surface area contributed by atoms with Crippen LogP contribution in [0.4, 0.5) is 4.79 Å². The highest BCUT2D eigenvalue weighted by atomic mass is 16.2. The molecule has 2 unspecified atom stereocenters. The van der Waals surface area contributed by atoms with Gasteiger partial charge >= 0.3 is 6.03 Å². The summed E-state index contributed by atoms with van der Waals surface area (Å²) in [5.74, 6) is -0.230. The van der Waals surface area contributed by atoms with E-state index < -0.39 is 0 Å². The van der Waals surface area contributed by atoms with Gasteiger partial charge in [-0.2, -0.15) is 0 Å². The lowest BCUT2D eigenvalue weighted by Crippen LogP contribution is -2.58. The highest BCUT2D eigenvalue weighted by molar-refractivity contribution is 5.97. The molecule has 1 N–H and O–H groups in total. The van der Waals surface area contributed by atoms with Crippen molar-refractivity contribution in [3.8, 4) is 0 Å². The van der Waals surface area contributed by atoms with Crippen molar-refractivity contribution in [1.82, 2.24) is 10.2 Å². The van der Waals surface area contributed by atoms with E-state index in [0.717, 1.165) is 12.8 Å². The number of nitrogens with one attached hydrogen (secondary N) is 1. The first-order valence-corrected chi connectivity index (χ1v) is 6.03. The molecule has 2 rings (SSSR count). The zero-order valence-corrected chi connectivity index (χ0v) is 10.2. The minimum atomic E-state index is -0.205. The van der Waals surface area contributed by atoms with Gasteiger partial charge in [0, 0.05) is 12.6 Å². The second-order valence-corrected chi connectivity index (χ2v) is 5.74. The van der Waals surface area contributed by atoms with Crippen molar-refractivity contribution in [1.29, 1.82) is 0 Å². The maximum absolute atomic E-state index is 11.8. The fraction of sp³-hybridized carbons (Fsp3) is 0.833. The predicted molar refractivity (Wildman–Crippen MR) is 60.8 cm³/mol. The molecular formula is C12H20N2O2. The van der Waals surface area contributed by atoms with Gasteiger partial charge in [-0.05, 0) is 18.3 Å². The maximum Gasteiger partial charge on any atom is 0.324 e. The fourth-order valence-electron chi connectivity index (χ4n) is 2.92. The van der Waals surface area contributed by atoms with E-state index in [9.17, 15) is 9.59 Å². The maximum atomic E-state index is 11.8. The Kier molecular flexibility index (Phi) is 2.68. The summed E-state index contributed by atoms with van der Waals surface area (Å²) in [6.45, 7) is 6.85. The Labute approximate surface area is 96.4 Å². The molecule has 0 aromatic heterocycles. The van der Waals surface area contributed by atoms with Crippen molar-refractivity contribution in [2.75, 3.05) is 6.54 Å². The highest BCUT2D eigenvalue weighted by Crippen LogP contribution is 2.41. The van der Waals surface area contributed by atoms with Crippen LogP contribution < -0.4 is 5.32 Å². The van der Waals surface area contributed by atoms with E-state index >= 15 is 0 Å². The van der Waals surface area contributed by atoms with E-state index in [4.69, 9.17) is 0 Å². The van der Waals surface area contributed by atoms with Gasteiger partial charge in [0.15, 0.2) is 0 Å². The van der Waals surface area contributed by atoms with Crippen molar-refractivity contribution in [2.24, 2.45) is 11.3 Å². The highest BCUT2D eigenvalue weighted by Gasteiger charge is 2.43. The predicted octanol–water partition coefficient (Wildman–Crippen LogP) is 1.75. The third-order valence-corrected chi connectivity index (χ3v) is 3.99. The van der Waals surface area contributed by atoms with Crippen LogP contribution in [0.1, 0.15) is 40.0 Å². The van der Waals surface area contributed by atoms with Gasteiger partial charge in [0.05, 0.1) is 5.92 Å². The SMILES string of the molecule is CC1CN(C2CCCC2(C)C)C(=O)NC1=O. The number of carbonyl (C=O) groups is 2. The van der Waals surface area contributed by atoms with E-state index in [1.807, 2.05) is 11.8 Å². The molecule has 0 aromatic carbocycles. The smallest absolute Gasteiger partial charge is 0.320 e. The second-order valence-electron chi connectivity index (χ2n) is 5.74. The van der Waals surface area contributed by atoms with Crippen LogP contribution in [0.3, 0.4) is 0 Å². The van der Waals surface area contributed by atoms with Crippen LogP contribution in [0.5, 0.6) is 0 Å². The lowest BCUT2D eigenvalue weighted by atomic mass is 9.86. The van der Waals surface area contributed by atoms with Gasteiger partial charge in [-0.15, -0.1) is 0 Å². The van der Waals surface area contributed by atoms with Gasteiger partial charge in [-0.25, -0.2) is 4.79 Å². The van der Waals surface area contributed by atoms with Gasteiger partial charge in [0.1, 0.15) is 0 Å². The zero-order chi connectivity index (χ0) is 11.9. The molecule has 0 radical (unpaired) electrons. The van der Waals surface area contributed by atoms with Gasteiger partial charge in [0.25, 0.3) is 0 Å². The fourth-order valence-corrected chi connectivity index (χ4v) is 2.92. The van der Waals surface area contributed by atoms with E-state index in [1.54, 1.807) is 0 Å². The first-order valence-electron chi connectivity index (χ1n) is 6.03. The Morgan fingerprint density at radius 2 is 2.06 bits per heavy atom. The van der Waals surface area contributed by atoms with E-state index in [2.05, 4.69) is 19.2 Å². The average molecular weight is 224 g/mol. The molecule has 1 aliphatic carbocycles. The molecule has 2 aliphatic rings. The molecule has 1 aliphatic heterocycles. The van der Waals surface area contributed by atoms with Crippen LogP contribution in [-0.4, -0.2) is 29.4 Å². The monoisotopic (exact) mass is 224 g/mol. The summed E-state index contributed by atoms with van der Waals surface area (Å²) >= 11 is 0. The van der Waals surface area contributed by atoms with Gasteiger partial charge in [-0.3, -0.25) is 10.1 Å². The molecule has 0 spiro atoms. The molecule has 0 aromatic rings. The van der Waals surface area contributed by atoms with E-state index in [-0.39, 0.29) is 29.3 Å². The normalized spacial score (nSPS) is 34.1. The molecule has 2 atom stereocenters. The molecule has 1 heterocycles. The van der Waals surface area contributed by atoms with Gasteiger partial charge in [0.2, 0.25) is 5.91 Å². The van der Waals surface area contributed by atoms with E-state index in [1.165, 1.54) is 6.42 Å². The molecular weight excluding hydrogens is 204 g/mol. The van der Waals surface area contributed by atoms with Crippen LogP contribution in [0.25, 0.3) is 0 Å². The van der Waals surface area contributed by atoms with E-state index in [0.29, 0.717) is 6.54 Å². The van der Waals surface area contributed by atoms with Crippen molar-refractivity contribution in [2.45, 2.75) is 46.1 Å². The quantitative estimate of drug-likeness (QED) is 0.737. The molecule has 0 bridgehead atoms. The van der Waals surface area contributed by atoms with Crippen LogP contribution in [0, 0.1) is 11.3 Å². The van der Waals surface area contributed by atoms with Crippen molar-refractivity contribution in [3.05, 3.63) is 0 Å². The number of hydrogen-bond acceptors (Lipinski definition) is 2. The molecule has 1 saturated heterocycles. The molecule has 3 amide bonds. The summed E-state index contributed by atoms with van der Waals surface area (Å²) in [7, 11) is 0. The van der Waals surface area contributed by atoms with Crippen molar-refractivity contribution in [3.63, 3.8) is 0 Å². The summed E-state index contributed by atoms with van der Waals surface area (Å²) in [5, 5.41) is 2.44. The number of rotatable bonds is 1. The third kappa shape index (κ3) is 1.81. The Morgan fingerprint density at radius 1 is 1.38 bits per heavy atom. The third-order valence-electron chi connectivity index (χ3n) is 3.99. The zero-order valence-electron chi connectivity index (χ0n) is 10.2. The Bertz CT molecular complexity index is 325. The van der Waals surface area contributed by atoms with Crippen LogP contribution in [0.15, 0.2) is 0 Å². The summed E-state index contributed by atoms with van der Waals surface area (Å²) in [5.41, 5.74) is 0.178. The lowest BCUT2D eigenvalue weighted by Gasteiger charge is -2.41. The molecule has 90 valence electrons. The van der Waals surface area contributed by atoms with Gasteiger partial charge in [-0.1, -0.05) is 27.2 Å².